The molecule has 162 valence electrons. The van der Waals surface area contributed by atoms with Gasteiger partial charge in [0.25, 0.3) is 0 Å². The van der Waals surface area contributed by atoms with Crippen LogP contribution in [0.5, 0.6) is 0 Å². The Hall–Kier alpha value is -3.68. The number of H-pyrrole nitrogens is 1. The molecule has 2 atom stereocenters. The summed E-state index contributed by atoms with van der Waals surface area (Å²) in [5.74, 6) is -1.62. The Kier molecular flexibility index (Phi) is 4.54. The summed E-state index contributed by atoms with van der Waals surface area (Å²) in [5.41, 5.74) is 1.08. The first-order valence-corrected chi connectivity index (χ1v) is 9.52. The predicted octanol–water partition coefficient (Wildman–Crippen LogP) is 3.95. The van der Waals surface area contributed by atoms with Crippen LogP contribution in [0, 0.1) is 17.1 Å². The maximum atomic E-state index is 15.1. The zero-order chi connectivity index (χ0) is 22.6. The number of allylic oxidation sites excluding steroid dienone is 1. The number of ether oxygens (including phenoxy) is 1. The van der Waals surface area contributed by atoms with E-state index in [2.05, 4.69) is 21.6 Å². The number of rotatable bonds is 2. The molecule has 0 bridgehead atoms. The molecule has 3 heterocycles. The molecule has 32 heavy (non-hydrogen) atoms. The Balaban J connectivity index is 1.70. The van der Waals surface area contributed by atoms with Crippen LogP contribution in [0.1, 0.15) is 22.6 Å². The van der Waals surface area contributed by atoms with Crippen LogP contribution in [0.15, 0.2) is 59.4 Å². The molecule has 5 rings (SSSR count). The quantitative estimate of drug-likeness (QED) is 0.523. The van der Waals surface area contributed by atoms with E-state index in [9.17, 15) is 23.5 Å². The normalized spacial score (nSPS) is 21.0. The summed E-state index contributed by atoms with van der Waals surface area (Å²) in [7, 11) is 0. The number of hydrogen-bond donors (Lipinski definition) is 3. The first kappa shape index (κ1) is 20.2. The van der Waals surface area contributed by atoms with Gasteiger partial charge in [-0.25, -0.2) is 4.39 Å². The van der Waals surface area contributed by atoms with Gasteiger partial charge in [0.15, 0.2) is 6.29 Å². The van der Waals surface area contributed by atoms with E-state index >= 15 is 4.39 Å². The Morgan fingerprint density at radius 2 is 1.94 bits per heavy atom. The van der Waals surface area contributed by atoms with Crippen molar-refractivity contribution in [1.82, 2.24) is 15.5 Å². The molecule has 10 heteroatoms. The standard InChI is InChI=1S/C22H14F4N4O2/c23-15-6-16-11(8-28-30-16)5-13(15)18-14(7-27)20(29-17-9-32-21(31)19(17)18)10-1-3-12(4-2-10)22(24,25)26/h1-6,8,18,21,29,31H,9H2,(H,28,30). The van der Waals surface area contributed by atoms with Crippen molar-refractivity contribution in [2.75, 3.05) is 6.61 Å². The van der Waals surface area contributed by atoms with Gasteiger partial charge in [-0.3, -0.25) is 5.10 Å². The minimum Gasteiger partial charge on any atom is -0.364 e. The molecular formula is C22H14F4N4O2. The third kappa shape index (κ3) is 3.14. The van der Waals surface area contributed by atoms with Crippen LogP contribution < -0.4 is 5.32 Å². The van der Waals surface area contributed by atoms with E-state index in [1.165, 1.54) is 30.5 Å². The summed E-state index contributed by atoms with van der Waals surface area (Å²) in [5, 5.41) is 30.5. The van der Waals surface area contributed by atoms with E-state index < -0.39 is 29.8 Å². The number of nitrogens with zero attached hydrogens (tertiary/aromatic N) is 2. The third-order valence-corrected chi connectivity index (χ3v) is 5.63. The minimum absolute atomic E-state index is 0.0224. The van der Waals surface area contributed by atoms with E-state index in [1.807, 2.05) is 0 Å². The van der Waals surface area contributed by atoms with Crippen molar-refractivity contribution in [1.29, 1.82) is 5.26 Å². The van der Waals surface area contributed by atoms with Crippen molar-refractivity contribution in [2.24, 2.45) is 0 Å². The van der Waals surface area contributed by atoms with Crippen LogP contribution in [-0.2, 0) is 10.9 Å². The topological polar surface area (TPSA) is 94.0 Å². The summed E-state index contributed by atoms with van der Waals surface area (Å²) in [6, 6.07) is 9.14. The van der Waals surface area contributed by atoms with Crippen LogP contribution in [-0.4, -0.2) is 28.2 Å². The van der Waals surface area contributed by atoms with Crippen molar-refractivity contribution in [2.45, 2.75) is 18.4 Å². The number of alkyl halides is 3. The summed E-state index contributed by atoms with van der Waals surface area (Å²) >= 11 is 0. The van der Waals surface area contributed by atoms with Crippen molar-refractivity contribution < 1.29 is 27.4 Å². The lowest BCUT2D eigenvalue weighted by atomic mass is 9.79. The van der Waals surface area contributed by atoms with Gasteiger partial charge in [0.1, 0.15) is 5.82 Å². The molecule has 2 aromatic carbocycles. The highest BCUT2D eigenvalue weighted by Gasteiger charge is 2.41. The Morgan fingerprint density at radius 3 is 2.62 bits per heavy atom. The molecule has 1 aromatic heterocycles. The number of aromatic amines is 1. The first-order chi connectivity index (χ1) is 15.3. The van der Waals surface area contributed by atoms with Crippen molar-refractivity contribution in [3.8, 4) is 6.07 Å². The Labute approximate surface area is 178 Å². The first-order valence-electron chi connectivity index (χ1n) is 9.52. The van der Waals surface area contributed by atoms with Gasteiger partial charge in [0, 0.05) is 22.2 Å². The second-order valence-corrected chi connectivity index (χ2v) is 7.46. The van der Waals surface area contributed by atoms with E-state index in [0.29, 0.717) is 27.7 Å². The lowest BCUT2D eigenvalue weighted by molar-refractivity contribution is -0.137. The zero-order valence-electron chi connectivity index (χ0n) is 16.2. The highest BCUT2D eigenvalue weighted by molar-refractivity contribution is 5.82. The largest absolute Gasteiger partial charge is 0.416 e. The zero-order valence-corrected chi connectivity index (χ0v) is 16.2. The van der Waals surface area contributed by atoms with E-state index in [-0.39, 0.29) is 23.4 Å². The molecule has 2 unspecified atom stereocenters. The molecule has 0 saturated heterocycles. The van der Waals surface area contributed by atoms with E-state index in [4.69, 9.17) is 4.74 Å². The summed E-state index contributed by atoms with van der Waals surface area (Å²) in [6.45, 7) is -0.0224. The van der Waals surface area contributed by atoms with Crippen molar-refractivity contribution >= 4 is 16.6 Å². The van der Waals surface area contributed by atoms with Gasteiger partial charge in [-0.05, 0) is 29.8 Å². The fraction of sp³-hybridized carbons (Fsp3) is 0.182. The highest BCUT2D eigenvalue weighted by Crippen LogP contribution is 2.45. The second-order valence-electron chi connectivity index (χ2n) is 7.46. The number of halogens is 4. The predicted molar refractivity (Wildman–Crippen MR) is 105 cm³/mol. The van der Waals surface area contributed by atoms with Gasteiger partial charge >= 0.3 is 6.18 Å². The van der Waals surface area contributed by atoms with Crippen LogP contribution >= 0.6 is 0 Å². The molecule has 0 fully saturated rings. The molecule has 0 radical (unpaired) electrons. The second kappa shape index (κ2) is 7.19. The molecule has 0 spiro atoms. The van der Waals surface area contributed by atoms with Gasteiger partial charge in [-0.15, -0.1) is 0 Å². The number of benzene rings is 2. The van der Waals surface area contributed by atoms with Gasteiger partial charge < -0.3 is 15.2 Å². The lowest BCUT2D eigenvalue weighted by Crippen LogP contribution is -2.27. The van der Waals surface area contributed by atoms with Crippen LogP contribution in [0.4, 0.5) is 17.6 Å². The number of fused-ring (bicyclic) bond motifs is 1. The van der Waals surface area contributed by atoms with Crippen molar-refractivity contribution in [3.63, 3.8) is 0 Å². The van der Waals surface area contributed by atoms with E-state index in [1.54, 1.807) is 0 Å². The van der Waals surface area contributed by atoms with Crippen molar-refractivity contribution in [3.05, 3.63) is 81.9 Å². The van der Waals surface area contributed by atoms with Gasteiger partial charge in [-0.2, -0.15) is 23.5 Å². The monoisotopic (exact) mass is 442 g/mol. The number of dihydropyridines is 1. The molecule has 2 aliphatic rings. The molecule has 6 nitrogen and oxygen atoms in total. The number of hydrogen-bond acceptors (Lipinski definition) is 5. The molecule has 2 aliphatic heterocycles. The Bertz CT molecular complexity index is 1330. The third-order valence-electron chi connectivity index (χ3n) is 5.63. The average Bonchev–Trinajstić information content (AvgIpc) is 3.37. The number of nitriles is 1. The molecular weight excluding hydrogens is 428 g/mol. The number of nitrogens with one attached hydrogen (secondary N) is 2. The lowest BCUT2D eigenvalue weighted by Gasteiger charge is -2.29. The minimum atomic E-state index is -4.50. The molecule has 0 aliphatic carbocycles. The highest BCUT2D eigenvalue weighted by atomic mass is 19.4. The smallest absolute Gasteiger partial charge is 0.364 e. The number of aliphatic hydroxyl groups is 1. The van der Waals surface area contributed by atoms with Gasteiger partial charge in [-0.1, -0.05) is 12.1 Å². The van der Waals surface area contributed by atoms with Crippen LogP contribution in [0.2, 0.25) is 0 Å². The van der Waals surface area contributed by atoms with Gasteiger partial charge in [0.2, 0.25) is 0 Å². The van der Waals surface area contributed by atoms with Crippen LogP contribution in [0.3, 0.4) is 0 Å². The molecule has 3 aromatic rings. The summed E-state index contributed by atoms with van der Waals surface area (Å²) in [4.78, 5) is 0. The van der Waals surface area contributed by atoms with Gasteiger partial charge in [0.05, 0.1) is 47.1 Å². The number of aromatic nitrogens is 2. The molecule has 0 saturated carbocycles. The fourth-order valence-electron chi connectivity index (χ4n) is 4.13. The maximum absolute atomic E-state index is 15.1. The number of aliphatic hydroxyl groups excluding tert-OH is 1. The molecule has 0 amide bonds. The van der Waals surface area contributed by atoms with E-state index in [0.717, 1.165) is 12.1 Å². The fourth-order valence-corrected chi connectivity index (χ4v) is 4.13. The summed E-state index contributed by atoms with van der Waals surface area (Å²) in [6.07, 6.45) is -4.36. The molecule has 3 N–H and O–H groups in total. The maximum Gasteiger partial charge on any atom is 0.416 e. The SMILES string of the molecule is N#CC1=C(c2ccc(C(F)(F)F)cc2)NC2=C(C(O)OC2)C1c1cc2cn[nH]c2cc1F. The Morgan fingerprint density at radius 1 is 1.19 bits per heavy atom. The average molecular weight is 442 g/mol. The van der Waals surface area contributed by atoms with Crippen LogP contribution in [0.25, 0.3) is 16.6 Å². The summed E-state index contributed by atoms with van der Waals surface area (Å²) < 4.78 is 59.3.